The molecule has 0 aromatic heterocycles. The van der Waals surface area contributed by atoms with Gasteiger partial charge >= 0.3 is 6.36 Å². The minimum absolute atomic E-state index is 0.151. The molecule has 7 rings (SSSR count). The molecule has 2 heterocycles. The Kier molecular flexibility index (Phi) is 5.41. The molecular formula is C27H24F3NO. The lowest BCUT2D eigenvalue weighted by Gasteiger charge is -2.25. The number of benzene rings is 2. The van der Waals surface area contributed by atoms with Gasteiger partial charge in [0.25, 0.3) is 0 Å². The van der Waals surface area contributed by atoms with E-state index in [1.807, 2.05) is 12.3 Å². The van der Waals surface area contributed by atoms with Crippen LogP contribution >= 0.6 is 0 Å². The highest BCUT2D eigenvalue weighted by Gasteiger charge is 2.31. The zero-order valence-electron chi connectivity index (χ0n) is 17.6. The first-order valence-corrected chi connectivity index (χ1v) is 11.0. The molecule has 0 saturated carbocycles. The van der Waals surface area contributed by atoms with Crippen molar-refractivity contribution < 1.29 is 17.9 Å². The first-order valence-electron chi connectivity index (χ1n) is 11.0. The summed E-state index contributed by atoms with van der Waals surface area (Å²) in [5, 5.41) is 3.20. The molecule has 5 heteroatoms. The van der Waals surface area contributed by atoms with Crippen molar-refractivity contribution in [2.45, 2.75) is 44.9 Å². The second-order valence-corrected chi connectivity index (χ2v) is 8.38. The summed E-state index contributed by atoms with van der Waals surface area (Å²) in [6.45, 7) is 0. The molecule has 0 saturated heterocycles. The van der Waals surface area contributed by atoms with Gasteiger partial charge in [0.15, 0.2) is 0 Å². The van der Waals surface area contributed by atoms with Crippen molar-refractivity contribution in [3.05, 3.63) is 94.4 Å². The lowest BCUT2D eigenvalue weighted by atomic mass is 9.79. The number of rotatable bonds is 1. The summed E-state index contributed by atoms with van der Waals surface area (Å²) >= 11 is 0. The van der Waals surface area contributed by atoms with E-state index in [0.29, 0.717) is 0 Å². The fourth-order valence-corrected chi connectivity index (χ4v) is 4.79. The number of hydrogen-bond acceptors (Lipinski definition) is 2. The molecule has 0 fully saturated rings. The lowest BCUT2D eigenvalue weighted by molar-refractivity contribution is -0.274. The van der Waals surface area contributed by atoms with Gasteiger partial charge in [-0.25, -0.2) is 0 Å². The largest absolute Gasteiger partial charge is 0.573 e. The molecule has 0 atom stereocenters. The standard InChI is InChI=1S/C19H15F3O.C8H9N/c20-19(21,22)23-14-8-5-13-7-9-16-15-4-2-1-3-12(15)6-10-17(16)18(13)11-14;1-3-8-4-2-7(1)5-6-9-8/h1,3,5-6,8,10-11H,2,4,7,9H2;1,3,5-6,9H,2,4H2. The maximum Gasteiger partial charge on any atom is 0.573 e. The Morgan fingerprint density at radius 1 is 0.812 bits per heavy atom. The highest BCUT2D eigenvalue weighted by atomic mass is 19.4. The van der Waals surface area contributed by atoms with E-state index in [4.69, 9.17) is 0 Å². The van der Waals surface area contributed by atoms with E-state index in [1.54, 1.807) is 6.07 Å². The zero-order valence-corrected chi connectivity index (χ0v) is 17.6. The number of halogens is 3. The molecule has 5 aliphatic rings. The number of nitrogens with one attached hydrogen (secondary N) is 1. The first kappa shape index (κ1) is 20.7. The number of alkyl halides is 3. The molecule has 2 aliphatic heterocycles. The fraction of sp³-hybridized carbons (Fsp3) is 0.259. The number of ether oxygens (including phenoxy) is 1. The van der Waals surface area contributed by atoms with Crippen LogP contribution in [0.5, 0.6) is 5.75 Å². The summed E-state index contributed by atoms with van der Waals surface area (Å²) < 4.78 is 41.5. The average Bonchev–Trinajstić information content (AvgIpc) is 3.16. The van der Waals surface area contributed by atoms with E-state index in [2.05, 4.69) is 46.5 Å². The van der Waals surface area contributed by atoms with Gasteiger partial charge in [-0.3, -0.25) is 0 Å². The minimum atomic E-state index is -4.66. The van der Waals surface area contributed by atoms with Gasteiger partial charge in [0.05, 0.1) is 0 Å². The summed E-state index contributed by atoms with van der Waals surface area (Å²) in [5.74, 6) is -0.151. The minimum Gasteiger partial charge on any atom is -0.406 e. The van der Waals surface area contributed by atoms with Crippen LogP contribution in [-0.4, -0.2) is 6.36 Å². The van der Waals surface area contributed by atoms with Crippen LogP contribution in [0.15, 0.2) is 72.1 Å². The summed E-state index contributed by atoms with van der Waals surface area (Å²) in [5.41, 5.74) is 9.63. The molecule has 3 aliphatic carbocycles. The molecule has 2 aromatic carbocycles. The highest BCUT2D eigenvalue weighted by molar-refractivity contribution is 5.78. The number of aryl methyl sites for hydroxylation is 1. The van der Waals surface area contributed by atoms with E-state index >= 15 is 0 Å². The van der Waals surface area contributed by atoms with E-state index in [1.165, 1.54) is 52.9 Å². The van der Waals surface area contributed by atoms with E-state index in [-0.39, 0.29) is 5.75 Å². The van der Waals surface area contributed by atoms with Crippen molar-refractivity contribution in [1.29, 1.82) is 0 Å². The van der Waals surface area contributed by atoms with Crippen LogP contribution in [0.2, 0.25) is 0 Å². The predicted molar refractivity (Wildman–Crippen MR) is 121 cm³/mol. The van der Waals surface area contributed by atoms with Crippen LogP contribution in [0.3, 0.4) is 0 Å². The number of hydrogen-bond donors (Lipinski definition) is 1. The zero-order chi connectivity index (χ0) is 22.1. The highest BCUT2D eigenvalue weighted by Crippen LogP contribution is 2.40. The Hall–Kier alpha value is -3.21. The van der Waals surface area contributed by atoms with Crippen LogP contribution in [0.4, 0.5) is 13.2 Å². The molecule has 2 aromatic rings. The maximum atomic E-state index is 12.5. The fourth-order valence-electron chi connectivity index (χ4n) is 4.79. The quantitative estimate of drug-likeness (QED) is 0.520. The molecular weight excluding hydrogens is 411 g/mol. The third-order valence-electron chi connectivity index (χ3n) is 6.32. The summed E-state index contributed by atoms with van der Waals surface area (Å²) in [4.78, 5) is 0. The molecule has 2 nitrogen and oxygen atoms in total. The molecule has 32 heavy (non-hydrogen) atoms. The molecule has 2 bridgehead atoms. The Morgan fingerprint density at radius 3 is 2.53 bits per heavy atom. The average molecular weight is 435 g/mol. The molecule has 1 N–H and O–H groups in total. The molecule has 0 spiro atoms. The SMILES string of the molecule is C1=CC2=CC=C(CC2)N1.FC(F)(F)Oc1ccc2c(c1)-c1ccc3c(c1CC2)CCC=C3. The topological polar surface area (TPSA) is 21.3 Å². The van der Waals surface area contributed by atoms with Crippen molar-refractivity contribution in [1.82, 2.24) is 5.32 Å². The summed E-state index contributed by atoms with van der Waals surface area (Å²) in [6.07, 6.45) is 14.3. The Bertz CT molecular complexity index is 1170. The molecule has 164 valence electrons. The monoisotopic (exact) mass is 435 g/mol. The Morgan fingerprint density at radius 2 is 1.72 bits per heavy atom. The van der Waals surface area contributed by atoms with Gasteiger partial charge in [-0.1, -0.05) is 36.4 Å². The van der Waals surface area contributed by atoms with Crippen molar-refractivity contribution in [3.63, 3.8) is 0 Å². The first-order chi connectivity index (χ1) is 15.5. The Labute approximate surface area is 185 Å². The van der Waals surface area contributed by atoms with Gasteiger partial charge in [-0.2, -0.15) is 0 Å². The van der Waals surface area contributed by atoms with E-state index < -0.39 is 6.36 Å². The van der Waals surface area contributed by atoms with E-state index in [9.17, 15) is 13.2 Å². The number of allylic oxidation sites excluding steroid dienone is 6. The normalized spacial score (nSPS) is 17.5. The summed E-state index contributed by atoms with van der Waals surface area (Å²) in [6, 6.07) is 8.76. The van der Waals surface area contributed by atoms with Gasteiger partial charge in [-0.05, 0) is 102 Å². The second kappa shape index (κ2) is 8.38. The van der Waals surface area contributed by atoms with Gasteiger partial charge in [0, 0.05) is 11.9 Å². The van der Waals surface area contributed by atoms with Crippen LogP contribution in [0, 0.1) is 0 Å². The van der Waals surface area contributed by atoms with Gasteiger partial charge in [-0.15, -0.1) is 13.2 Å². The van der Waals surface area contributed by atoms with Crippen LogP contribution in [-0.2, 0) is 19.3 Å². The third-order valence-corrected chi connectivity index (χ3v) is 6.32. The van der Waals surface area contributed by atoms with Crippen molar-refractivity contribution in [2.75, 3.05) is 0 Å². The van der Waals surface area contributed by atoms with Crippen molar-refractivity contribution >= 4 is 6.08 Å². The van der Waals surface area contributed by atoms with Gasteiger partial charge < -0.3 is 10.1 Å². The number of fused-ring (bicyclic) bond motifs is 8. The molecule has 0 unspecified atom stereocenters. The second-order valence-electron chi connectivity index (χ2n) is 8.38. The summed E-state index contributed by atoms with van der Waals surface area (Å²) in [7, 11) is 0. The van der Waals surface area contributed by atoms with Crippen molar-refractivity contribution in [3.8, 4) is 16.9 Å². The van der Waals surface area contributed by atoms with E-state index in [0.717, 1.165) is 42.4 Å². The van der Waals surface area contributed by atoms with Crippen LogP contribution in [0.25, 0.3) is 17.2 Å². The Balaban J connectivity index is 0.000000199. The molecule has 0 radical (unpaired) electrons. The predicted octanol–water partition coefficient (Wildman–Crippen LogP) is 7.02. The maximum absolute atomic E-state index is 12.5. The van der Waals surface area contributed by atoms with Gasteiger partial charge in [0.1, 0.15) is 5.75 Å². The smallest absolute Gasteiger partial charge is 0.406 e. The lowest BCUT2D eigenvalue weighted by Crippen LogP contribution is -2.17. The third kappa shape index (κ3) is 4.38. The molecule has 0 amide bonds. The van der Waals surface area contributed by atoms with Crippen LogP contribution in [0.1, 0.15) is 41.5 Å². The van der Waals surface area contributed by atoms with Crippen LogP contribution < -0.4 is 10.1 Å². The van der Waals surface area contributed by atoms with Crippen molar-refractivity contribution in [2.24, 2.45) is 0 Å². The van der Waals surface area contributed by atoms with Gasteiger partial charge in [0.2, 0.25) is 0 Å².